The number of anilines is 2. The predicted molar refractivity (Wildman–Crippen MR) is 105 cm³/mol. The van der Waals surface area contributed by atoms with Crippen molar-refractivity contribution in [1.29, 1.82) is 0 Å². The van der Waals surface area contributed by atoms with E-state index in [-0.39, 0.29) is 5.91 Å². The number of nitrogens with zero attached hydrogens (tertiary/aromatic N) is 4. The smallest absolute Gasteiger partial charge is 0.253 e. The Labute approximate surface area is 158 Å². The number of methoxy groups -OCH3 is 1. The normalized spacial score (nSPS) is 10.8. The number of likely N-dealkylation sites (N-methyl/N-ethyl adjacent to an activating group) is 2. The maximum Gasteiger partial charge on any atom is 0.253 e. The zero-order valence-corrected chi connectivity index (χ0v) is 16.0. The number of ether oxygens (including phenoxy) is 1. The van der Waals surface area contributed by atoms with Crippen LogP contribution in [0.15, 0.2) is 36.5 Å². The largest absolute Gasteiger partial charge is 0.495 e. The minimum absolute atomic E-state index is 0.0589. The molecule has 2 aromatic heterocycles. The summed E-state index contributed by atoms with van der Waals surface area (Å²) in [5.74, 6) is 0.957. The number of nitrogens with one attached hydrogen (secondary N) is 2. The summed E-state index contributed by atoms with van der Waals surface area (Å²) >= 11 is 0. The van der Waals surface area contributed by atoms with Crippen LogP contribution in [0.2, 0.25) is 0 Å². The van der Waals surface area contributed by atoms with E-state index in [1.807, 2.05) is 32.3 Å². The van der Waals surface area contributed by atoms with Gasteiger partial charge in [0.2, 0.25) is 5.95 Å². The number of benzene rings is 1. The van der Waals surface area contributed by atoms with Gasteiger partial charge in [0, 0.05) is 31.9 Å². The number of aryl methyl sites for hydroxylation is 1. The van der Waals surface area contributed by atoms with Gasteiger partial charge in [-0.25, -0.2) is 4.52 Å². The van der Waals surface area contributed by atoms with Crippen molar-refractivity contribution in [2.45, 2.75) is 6.92 Å². The molecule has 142 valence electrons. The molecule has 0 fully saturated rings. The monoisotopic (exact) mass is 368 g/mol. The van der Waals surface area contributed by atoms with E-state index in [0.29, 0.717) is 29.5 Å². The van der Waals surface area contributed by atoms with Crippen molar-refractivity contribution >= 4 is 23.2 Å². The van der Waals surface area contributed by atoms with Gasteiger partial charge >= 0.3 is 0 Å². The second-order valence-corrected chi connectivity index (χ2v) is 6.31. The first kappa shape index (κ1) is 18.7. The van der Waals surface area contributed by atoms with Crippen molar-refractivity contribution in [1.82, 2.24) is 24.8 Å². The number of hydrogen-bond acceptors (Lipinski definition) is 6. The molecule has 0 bridgehead atoms. The van der Waals surface area contributed by atoms with E-state index in [1.165, 1.54) is 0 Å². The van der Waals surface area contributed by atoms with Gasteiger partial charge in [-0.05, 0) is 43.8 Å². The first-order valence-corrected chi connectivity index (χ1v) is 8.70. The minimum Gasteiger partial charge on any atom is -0.495 e. The van der Waals surface area contributed by atoms with E-state index in [4.69, 9.17) is 4.74 Å². The fourth-order valence-electron chi connectivity index (χ4n) is 2.69. The molecule has 0 spiro atoms. The van der Waals surface area contributed by atoms with Gasteiger partial charge in [0.05, 0.1) is 12.8 Å². The van der Waals surface area contributed by atoms with Crippen molar-refractivity contribution in [2.24, 2.45) is 0 Å². The Balaban J connectivity index is 1.82. The Morgan fingerprint density at radius 1 is 1.30 bits per heavy atom. The number of amides is 1. The summed E-state index contributed by atoms with van der Waals surface area (Å²) in [5, 5.41) is 10.6. The van der Waals surface area contributed by atoms with Crippen molar-refractivity contribution in [3.05, 3.63) is 47.7 Å². The highest BCUT2D eigenvalue weighted by atomic mass is 16.5. The summed E-state index contributed by atoms with van der Waals surface area (Å²) in [7, 11) is 5.21. The van der Waals surface area contributed by atoms with Gasteiger partial charge in [0.25, 0.3) is 5.91 Å². The van der Waals surface area contributed by atoms with Crippen LogP contribution in [0, 0.1) is 6.92 Å². The summed E-state index contributed by atoms with van der Waals surface area (Å²) < 4.78 is 7.18. The number of pyridine rings is 1. The van der Waals surface area contributed by atoms with Crippen LogP contribution in [0.4, 0.5) is 11.6 Å². The van der Waals surface area contributed by atoms with E-state index >= 15 is 0 Å². The zero-order valence-electron chi connectivity index (χ0n) is 16.0. The Kier molecular flexibility index (Phi) is 5.56. The number of fused-ring (bicyclic) bond motifs is 1. The molecule has 0 saturated heterocycles. The third-order valence-corrected chi connectivity index (χ3v) is 4.22. The van der Waals surface area contributed by atoms with E-state index < -0.39 is 0 Å². The van der Waals surface area contributed by atoms with Crippen molar-refractivity contribution < 1.29 is 9.53 Å². The standard InChI is InChI=1S/C19H24N6O2/c1-13-5-8-17-22-19(23-25(17)12-13)21-15-7-6-14(11-16(15)27-4)18(26)24(3)10-9-20-2/h5-8,11-12,20H,9-10H2,1-4H3,(H,21,23). The predicted octanol–water partition coefficient (Wildman–Crippen LogP) is 2.08. The van der Waals surface area contributed by atoms with E-state index in [1.54, 1.807) is 41.8 Å². The highest BCUT2D eigenvalue weighted by molar-refractivity contribution is 5.95. The van der Waals surface area contributed by atoms with Gasteiger partial charge < -0.3 is 20.3 Å². The first-order chi connectivity index (χ1) is 13.0. The second kappa shape index (κ2) is 8.05. The van der Waals surface area contributed by atoms with Crippen LogP contribution < -0.4 is 15.4 Å². The Hall–Kier alpha value is -3.13. The molecule has 8 heteroatoms. The lowest BCUT2D eigenvalue weighted by Crippen LogP contribution is -2.32. The SMILES string of the molecule is CNCCN(C)C(=O)c1ccc(Nc2nc3ccc(C)cn3n2)c(OC)c1. The number of carbonyl (C=O) groups is 1. The van der Waals surface area contributed by atoms with Crippen molar-refractivity contribution in [3.63, 3.8) is 0 Å². The van der Waals surface area contributed by atoms with Crippen LogP contribution in [0.5, 0.6) is 5.75 Å². The fraction of sp³-hybridized carbons (Fsp3) is 0.316. The summed E-state index contributed by atoms with van der Waals surface area (Å²) in [5.41, 5.74) is 3.11. The Morgan fingerprint density at radius 3 is 2.85 bits per heavy atom. The highest BCUT2D eigenvalue weighted by Gasteiger charge is 2.15. The van der Waals surface area contributed by atoms with Gasteiger partial charge in [-0.3, -0.25) is 4.79 Å². The molecule has 8 nitrogen and oxygen atoms in total. The Bertz CT molecular complexity index is 953. The van der Waals surface area contributed by atoms with Crippen LogP contribution in [-0.4, -0.2) is 59.7 Å². The molecule has 0 atom stereocenters. The molecule has 2 N–H and O–H groups in total. The maximum absolute atomic E-state index is 12.5. The van der Waals surface area contributed by atoms with Crippen LogP contribution in [0.3, 0.4) is 0 Å². The lowest BCUT2D eigenvalue weighted by atomic mass is 10.1. The molecule has 1 aromatic carbocycles. The van der Waals surface area contributed by atoms with E-state index in [0.717, 1.165) is 17.8 Å². The van der Waals surface area contributed by atoms with Crippen molar-refractivity contribution in [2.75, 3.05) is 39.6 Å². The van der Waals surface area contributed by atoms with E-state index in [9.17, 15) is 4.79 Å². The van der Waals surface area contributed by atoms with Crippen LogP contribution in [0.1, 0.15) is 15.9 Å². The summed E-state index contributed by atoms with van der Waals surface area (Å²) in [6, 6.07) is 9.19. The molecule has 0 aliphatic heterocycles. The Morgan fingerprint density at radius 2 is 2.11 bits per heavy atom. The highest BCUT2D eigenvalue weighted by Crippen LogP contribution is 2.28. The average molecular weight is 368 g/mol. The first-order valence-electron chi connectivity index (χ1n) is 8.70. The summed E-state index contributed by atoms with van der Waals surface area (Å²) in [4.78, 5) is 18.6. The summed E-state index contributed by atoms with van der Waals surface area (Å²) in [6.45, 7) is 3.36. The zero-order chi connectivity index (χ0) is 19.4. The fourth-order valence-corrected chi connectivity index (χ4v) is 2.69. The lowest BCUT2D eigenvalue weighted by molar-refractivity contribution is 0.0796. The molecule has 0 saturated carbocycles. The molecule has 0 aliphatic carbocycles. The minimum atomic E-state index is -0.0589. The molecule has 2 heterocycles. The van der Waals surface area contributed by atoms with Gasteiger partial charge in [-0.2, -0.15) is 4.98 Å². The number of rotatable bonds is 7. The third kappa shape index (κ3) is 4.17. The topological polar surface area (TPSA) is 83.8 Å². The number of hydrogen-bond donors (Lipinski definition) is 2. The molecule has 0 radical (unpaired) electrons. The molecule has 0 unspecified atom stereocenters. The van der Waals surface area contributed by atoms with Gasteiger partial charge in [-0.15, -0.1) is 5.10 Å². The average Bonchev–Trinajstić information content (AvgIpc) is 3.07. The van der Waals surface area contributed by atoms with Gasteiger partial charge in [-0.1, -0.05) is 6.07 Å². The molecule has 1 amide bonds. The van der Waals surface area contributed by atoms with Crippen molar-refractivity contribution in [3.8, 4) is 5.75 Å². The van der Waals surface area contributed by atoms with Gasteiger partial charge in [0.1, 0.15) is 5.75 Å². The van der Waals surface area contributed by atoms with Crippen LogP contribution in [0.25, 0.3) is 5.65 Å². The molecule has 27 heavy (non-hydrogen) atoms. The van der Waals surface area contributed by atoms with E-state index in [2.05, 4.69) is 20.7 Å². The van der Waals surface area contributed by atoms with Crippen LogP contribution in [-0.2, 0) is 0 Å². The lowest BCUT2D eigenvalue weighted by Gasteiger charge is -2.18. The molecule has 3 rings (SSSR count). The molecular weight excluding hydrogens is 344 g/mol. The number of aromatic nitrogens is 3. The maximum atomic E-state index is 12.5. The molecule has 3 aromatic rings. The third-order valence-electron chi connectivity index (χ3n) is 4.22. The van der Waals surface area contributed by atoms with Crippen LogP contribution >= 0.6 is 0 Å². The second-order valence-electron chi connectivity index (χ2n) is 6.31. The molecule has 0 aliphatic rings. The number of carbonyl (C=O) groups excluding carboxylic acids is 1. The quantitative estimate of drug-likeness (QED) is 0.664. The summed E-state index contributed by atoms with van der Waals surface area (Å²) in [6.07, 6.45) is 1.91. The van der Waals surface area contributed by atoms with Gasteiger partial charge in [0.15, 0.2) is 5.65 Å². The molecular formula is C19H24N6O2.